The van der Waals surface area contributed by atoms with Crippen molar-refractivity contribution < 1.29 is 9.90 Å². The number of amides is 1. The van der Waals surface area contributed by atoms with Crippen molar-refractivity contribution in [3.8, 4) is 0 Å². The molecule has 0 radical (unpaired) electrons. The molecule has 0 aliphatic heterocycles. The Kier molecular flexibility index (Phi) is 4.10. The van der Waals surface area contributed by atoms with Gasteiger partial charge in [0.25, 0.3) is 0 Å². The fourth-order valence-corrected chi connectivity index (χ4v) is 3.38. The lowest BCUT2D eigenvalue weighted by atomic mass is 9.86. The van der Waals surface area contributed by atoms with Crippen LogP contribution < -0.4 is 10.2 Å². The van der Waals surface area contributed by atoms with Crippen molar-refractivity contribution >= 4 is 17.2 Å². The number of rotatable bonds is 4. The van der Waals surface area contributed by atoms with Crippen LogP contribution in [0.5, 0.6) is 0 Å². The Hall–Kier alpha value is -1.14. The number of aliphatic hydroxyl groups is 1. The minimum absolute atomic E-state index is 0.000330. The van der Waals surface area contributed by atoms with Gasteiger partial charge in [-0.1, -0.05) is 24.7 Å². The SMILES string of the molecule is Cc1csc(=O)n1CC(=O)NC1CCCC1(C)CO. The van der Waals surface area contributed by atoms with Gasteiger partial charge >= 0.3 is 4.87 Å². The second-order valence-electron chi connectivity index (χ2n) is 5.55. The third-order valence-electron chi connectivity index (χ3n) is 4.06. The fraction of sp³-hybridized carbons (Fsp3) is 0.692. The summed E-state index contributed by atoms with van der Waals surface area (Å²) in [4.78, 5) is 23.5. The highest BCUT2D eigenvalue weighted by Crippen LogP contribution is 2.37. The van der Waals surface area contributed by atoms with Crippen molar-refractivity contribution in [1.82, 2.24) is 9.88 Å². The zero-order chi connectivity index (χ0) is 14.0. The zero-order valence-electron chi connectivity index (χ0n) is 11.3. The topological polar surface area (TPSA) is 71.3 Å². The summed E-state index contributed by atoms with van der Waals surface area (Å²) in [6.45, 7) is 3.95. The quantitative estimate of drug-likeness (QED) is 0.862. The summed E-state index contributed by atoms with van der Waals surface area (Å²) in [5, 5.41) is 14.2. The van der Waals surface area contributed by atoms with Crippen LogP contribution in [0.25, 0.3) is 0 Å². The molecule has 1 aliphatic carbocycles. The molecule has 6 heteroatoms. The van der Waals surface area contributed by atoms with Gasteiger partial charge in [-0.3, -0.25) is 14.2 Å². The van der Waals surface area contributed by atoms with Gasteiger partial charge in [0, 0.05) is 22.5 Å². The second kappa shape index (κ2) is 5.46. The van der Waals surface area contributed by atoms with Crippen molar-refractivity contribution in [3.05, 3.63) is 20.7 Å². The van der Waals surface area contributed by atoms with Crippen LogP contribution in [0.2, 0.25) is 0 Å². The summed E-state index contributed by atoms with van der Waals surface area (Å²) in [5.74, 6) is -0.157. The maximum Gasteiger partial charge on any atom is 0.307 e. The molecule has 1 saturated carbocycles. The molecule has 0 spiro atoms. The summed E-state index contributed by atoms with van der Waals surface area (Å²) in [6, 6.07) is -0.000330. The van der Waals surface area contributed by atoms with Crippen LogP contribution >= 0.6 is 11.3 Å². The van der Waals surface area contributed by atoms with E-state index in [0.29, 0.717) is 0 Å². The van der Waals surface area contributed by atoms with Crippen LogP contribution in [0.15, 0.2) is 10.2 Å². The fourth-order valence-electron chi connectivity index (χ4n) is 2.65. The molecular formula is C13H20N2O3S. The Morgan fingerprint density at radius 1 is 1.68 bits per heavy atom. The number of nitrogens with zero attached hydrogens (tertiary/aromatic N) is 1. The molecule has 2 N–H and O–H groups in total. The maximum absolute atomic E-state index is 12.0. The first kappa shape index (κ1) is 14.3. The molecule has 5 nitrogen and oxygen atoms in total. The minimum atomic E-state index is -0.232. The molecule has 1 aromatic heterocycles. The first-order valence-corrected chi connectivity index (χ1v) is 7.39. The molecule has 1 amide bonds. The van der Waals surface area contributed by atoms with E-state index in [1.165, 1.54) is 4.57 Å². The van der Waals surface area contributed by atoms with Crippen LogP contribution in [0.3, 0.4) is 0 Å². The molecular weight excluding hydrogens is 264 g/mol. The lowest BCUT2D eigenvalue weighted by Crippen LogP contribution is -2.46. The number of carbonyl (C=O) groups excluding carboxylic acids is 1. The van der Waals surface area contributed by atoms with Crippen LogP contribution in [0.1, 0.15) is 31.9 Å². The third-order valence-corrected chi connectivity index (χ3v) is 4.94. The molecule has 1 aliphatic rings. The van der Waals surface area contributed by atoms with Crippen molar-refractivity contribution in [1.29, 1.82) is 0 Å². The molecule has 0 bridgehead atoms. The van der Waals surface area contributed by atoms with E-state index in [4.69, 9.17) is 0 Å². The molecule has 2 unspecified atom stereocenters. The molecule has 0 aromatic carbocycles. The van der Waals surface area contributed by atoms with E-state index in [1.807, 2.05) is 13.8 Å². The average molecular weight is 284 g/mol. The Balaban J connectivity index is 2.01. The summed E-state index contributed by atoms with van der Waals surface area (Å²) in [6.07, 6.45) is 2.83. The van der Waals surface area contributed by atoms with Gasteiger partial charge in [-0.25, -0.2) is 0 Å². The van der Waals surface area contributed by atoms with Crippen LogP contribution in [0.4, 0.5) is 0 Å². The first-order chi connectivity index (χ1) is 8.96. The van der Waals surface area contributed by atoms with Crippen molar-refractivity contribution in [2.45, 2.75) is 45.7 Å². The van der Waals surface area contributed by atoms with Crippen LogP contribution in [-0.4, -0.2) is 28.2 Å². The Labute approximate surface area is 116 Å². The molecule has 2 rings (SSSR count). The van der Waals surface area contributed by atoms with Crippen molar-refractivity contribution in [2.24, 2.45) is 5.41 Å². The van der Waals surface area contributed by atoms with Crippen molar-refractivity contribution in [2.75, 3.05) is 6.61 Å². The normalized spacial score (nSPS) is 26.6. The summed E-state index contributed by atoms with van der Waals surface area (Å²) in [7, 11) is 0. The monoisotopic (exact) mass is 284 g/mol. The molecule has 1 heterocycles. The van der Waals surface area contributed by atoms with E-state index in [1.54, 1.807) is 5.38 Å². The highest BCUT2D eigenvalue weighted by Gasteiger charge is 2.39. The number of thiazole rings is 1. The molecule has 2 atom stereocenters. The van der Waals surface area contributed by atoms with E-state index in [-0.39, 0.29) is 35.4 Å². The second-order valence-corrected chi connectivity index (χ2v) is 6.37. The third kappa shape index (κ3) is 2.90. The van der Waals surface area contributed by atoms with Gasteiger partial charge in [0.05, 0.1) is 6.61 Å². The summed E-state index contributed by atoms with van der Waals surface area (Å²) < 4.78 is 1.48. The van der Waals surface area contributed by atoms with E-state index < -0.39 is 0 Å². The lowest BCUT2D eigenvalue weighted by Gasteiger charge is -2.30. The maximum atomic E-state index is 12.0. The average Bonchev–Trinajstić information content (AvgIpc) is 2.88. The van der Waals surface area contributed by atoms with Gasteiger partial charge in [0.1, 0.15) is 6.54 Å². The van der Waals surface area contributed by atoms with E-state index in [0.717, 1.165) is 36.3 Å². The van der Waals surface area contributed by atoms with Crippen LogP contribution in [-0.2, 0) is 11.3 Å². The summed E-state index contributed by atoms with van der Waals surface area (Å²) in [5.41, 5.74) is 0.575. The van der Waals surface area contributed by atoms with Crippen LogP contribution in [0, 0.1) is 12.3 Å². The Morgan fingerprint density at radius 3 is 3.00 bits per heavy atom. The molecule has 1 aromatic rings. The van der Waals surface area contributed by atoms with Gasteiger partial charge < -0.3 is 10.4 Å². The number of nitrogens with one attached hydrogen (secondary N) is 1. The summed E-state index contributed by atoms with van der Waals surface area (Å²) >= 11 is 1.11. The van der Waals surface area contributed by atoms with Gasteiger partial charge in [0.15, 0.2) is 0 Å². The predicted molar refractivity (Wildman–Crippen MR) is 74.3 cm³/mol. The number of hydrogen-bond donors (Lipinski definition) is 2. The van der Waals surface area contributed by atoms with E-state index >= 15 is 0 Å². The number of aliphatic hydroxyl groups excluding tert-OH is 1. The Morgan fingerprint density at radius 2 is 2.42 bits per heavy atom. The van der Waals surface area contributed by atoms with E-state index in [2.05, 4.69) is 5.32 Å². The number of hydrogen-bond acceptors (Lipinski definition) is 4. The minimum Gasteiger partial charge on any atom is -0.396 e. The molecule has 0 saturated heterocycles. The predicted octanol–water partition coefficient (Wildman–Crippen LogP) is 0.886. The standard InChI is InChI=1S/C13H20N2O3S/c1-9-7-19-12(18)15(9)6-11(17)14-10-4-3-5-13(10,2)8-16/h7,10,16H,3-6,8H2,1-2H3,(H,14,17). The number of aromatic nitrogens is 1. The van der Waals surface area contributed by atoms with Gasteiger partial charge in [-0.15, -0.1) is 0 Å². The highest BCUT2D eigenvalue weighted by atomic mass is 32.1. The van der Waals surface area contributed by atoms with Gasteiger partial charge in [-0.05, 0) is 19.8 Å². The molecule has 1 fully saturated rings. The molecule has 19 heavy (non-hydrogen) atoms. The zero-order valence-corrected chi connectivity index (χ0v) is 12.1. The number of aryl methyl sites for hydroxylation is 1. The highest BCUT2D eigenvalue weighted by molar-refractivity contribution is 7.07. The van der Waals surface area contributed by atoms with Gasteiger partial charge in [0.2, 0.25) is 5.91 Å². The lowest BCUT2D eigenvalue weighted by molar-refractivity contribution is -0.123. The first-order valence-electron chi connectivity index (χ1n) is 6.51. The number of carbonyl (C=O) groups is 1. The molecule has 106 valence electrons. The smallest absolute Gasteiger partial charge is 0.307 e. The van der Waals surface area contributed by atoms with Crippen molar-refractivity contribution in [3.63, 3.8) is 0 Å². The van der Waals surface area contributed by atoms with Gasteiger partial charge in [-0.2, -0.15) is 0 Å². The Bertz CT molecular complexity index is 522. The largest absolute Gasteiger partial charge is 0.396 e. The van der Waals surface area contributed by atoms with E-state index in [9.17, 15) is 14.7 Å².